The number of fused-ring (bicyclic) bond motifs is 4. The molecule has 5 N–H and O–H groups in total. The molecule has 1 saturated heterocycles. The van der Waals surface area contributed by atoms with Gasteiger partial charge in [0.15, 0.2) is 17.6 Å². The molecule has 7 heteroatoms. The van der Waals surface area contributed by atoms with Gasteiger partial charge in [0.05, 0.1) is 29.1 Å². The smallest absolute Gasteiger partial charge is 0.166 e. The zero-order valence-corrected chi connectivity index (χ0v) is 22.0. The summed E-state index contributed by atoms with van der Waals surface area (Å²) >= 11 is 0. The fourth-order valence-corrected chi connectivity index (χ4v) is 8.30. The Kier molecular flexibility index (Phi) is 4.68. The Labute approximate surface area is 222 Å². The number of aliphatic imine (C=N–C) groups is 1. The van der Waals surface area contributed by atoms with Gasteiger partial charge in [-0.05, 0) is 79.5 Å². The average molecular weight is 513 g/mol. The van der Waals surface area contributed by atoms with Gasteiger partial charge in [-0.15, -0.1) is 0 Å². The SMILES string of the molecule is CCCC(N)=NCc1ccc2[nH]c3c(c2c1)C[C@@]1(O)[C@H]2Cc4ccc(O)c5c4[C@@]1(CCN2CC1CC1)C3O5. The third-order valence-corrected chi connectivity index (χ3v) is 10.2. The van der Waals surface area contributed by atoms with Gasteiger partial charge in [0.1, 0.15) is 0 Å². The van der Waals surface area contributed by atoms with Crippen LogP contribution in [0.2, 0.25) is 0 Å². The van der Waals surface area contributed by atoms with Crippen molar-refractivity contribution in [3.05, 3.63) is 58.3 Å². The first-order valence-corrected chi connectivity index (χ1v) is 14.3. The van der Waals surface area contributed by atoms with Gasteiger partial charge in [-0.1, -0.05) is 19.1 Å². The van der Waals surface area contributed by atoms with E-state index >= 15 is 0 Å². The number of aromatic nitrogens is 1. The summed E-state index contributed by atoms with van der Waals surface area (Å²) in [7, 11) is 0. The van der Waals surface area contributed by atoms with Crippen molar-refractivity contribution in [2.45, 2.75) is 81.6 Å². The number of H-pyrrole nitrogens is 1. The molecule has 3 aliphatic carbocycles. The van der Waals surface area contributed by atoms with Crippen LogP contribution in [0.25, 0.3) is 10.9 Å². The molecule has 2 aromatic carbocycles. The lowest BCUT2D eigenvalue weighted by molar-refractivity contribution is -0.173. The number of aliphatic hydroxyl groups is 1. The molecular formula is C31H36N4O3. The molecule has 2 aliphatic heterocycles. The summed E-state index contributed by atoms with van der Waals surface area (Å²) in [6.07, 6.45) is 6.24. The molecule has 38 heavy (non-hydrogen) atoms. The zero-order valence-electron chi connectivity index (χ0n) is 22.0. The molecule has 1 unspecified atom stereocenters. The van der Waals surface area contributed by atoms with Gasteiger partial charge in [0, 0.05) is 41.9 Å². The number of phenols is 1. The maximum Gasteiger partial charge on any atom is 0.166 e. The summed E-state index contributed by atoms with van der Waals surface area (Å²) in [6, 6.07) is 10.3. The number of nitrogens with one attached hydrogen (secondary N) is 1. The van der Waals surface area contributed by atoms with E-state index in [0.717, 1.165) is 78.0 Å². The van der Waals surface area contributed by atoms with Gasteiger partial charge in [-0.25, -0.2) is 0 Å². The number of hydrogen-bond acceptors (Lipinski definition) is 5. The number of benzene rings is 2. The molecular weight excluding hydrogens is 476 g/mol. The maximum atomic E-state index is 13.0. The molecule has 1 saturated carbocycles. The molecule has 2 bridgehead atoms. The van der Waals surface area contributed by atoms with E-state index in [1.54, 1.807) is 6.07 Å². The minimum absolute atomic E-state index is 0.0330. The zero-order chi connectivity index (χ0) is 25.8. The molecule has 0 amide bonds. The first-order chi connectivity index (χ1) is 18.4. The Morgan fingerprint density at radius 1 is 1.26 bits per heavy atom. The topological polar surface area (TPSA) is 107 Å². The highest BCUT2D eigenvalue weighted by Gasteiger charge is 2.72. The Hall–Kier alpha value is -3.03. The Morgan fingerprint density at radius 2 is 2.13 bits per heavy atom. The molecule has 5 aliphatic rings. The third-order valence-electron chi connectivity index (χ3n) is 10.2. The number of amidine groups is 1. The lowest BCUT2D eigenvalue weighted by Gasteiger charge is -2.62. The molecule has 4 atom stereocenters. The van der Waals surface area contributed by atoms with E-state index in [1.807, 2.05) is 0 Å². The first-order valence-electron chi connectivity index (χ1n) is 14.3. The van der Waals surface area contributed by atoms with Crippen LogP contribution in [0.3, 0.4) is 0 Å². The highest BCUT2D eigenvalue weighted by atomic mass is 16.5. The largest absolute Gasteiger partial charge is 0.504 e. The van der Waals surface area contributed by atoms with Crippen LogP contribution in [0, 0.1) is 5.92 Å². The van der Waals surface area contributed by atoms with Crippen molar-refractivity contribution in [2.24, 2.45) is 16.6 Å². The van der Waals surface area contributed by atoms with Crippen LogP contribution < -0.4 is 10.5 Å². The van der Waals surface area contributed by atoms with E-state index < -0.39 is 11.0 Å². The van der Waals surface area contributed by atoms with Gasteiger partial charge in [0.25, 0.3) is 0 Å². The fourth-order valence-electron chi connectivity index (χ4n) is 8.30. The number of aromatic amines is 1. The molecule has 3 heterocycles. The molecule has 1 spiro atoms. The lowest BCUT2D eigenvalue weighted by Crippen LogP contribution is -2.74. The van der Waals surface area contributed by atoms with Gasteiger partial charge < -0.3 is 25.7 Å². The van der Waals surface area contributed by atoms with E-state index in [1.165, 1.54) is 18.4 Å². The summed E-state index contributed by atoms with van der Waals surface area (Å²) < 4.78 is 6.70. The Morgan fingerprint density at radius 3 is 2.95 bits per heavy atom. The van der Waals surface area contributed by atoms with Crippen LogP contribution in [0.15, 0.2) is 35.3 Å². The van der Waals surface area contributed by atoms with Gasteiger partial charge in [-0.2, -0.15) is 0 Å². The predicted molar refractivity (Wildman–Crippen MR) is 147 cm³/mol. The average Bonchev–Trinajstić information content (AvgIpc) is 3.54. The predicted octanol–water partition coefficient (Wildman–Crippen LogP) is 4.23. The van der Waals surface area contributed by atoms with E-state index in [9.17, 15) is 10.2 Å². The number of hydrogen-bond donors (Lipinski definition) is 4. The molecule has 198 valence electrons. The second kappa shape index (κ2) is 7.76. The van der Waals surface area contributed by atoms with Crippen molar-refractivity contribution in [2.75, 3.05) is 13.1 Å². The Balaban J connectivity index is 1.29. The number of nitrogens with two attached hydrogens (primary N) is 1. The number of likely N-dealkylation sites (tertiary alicyclic amines) is 1. The number of ether oxygens (including phenoxy) is 1. The summed E-state index contributed by atoms with van der Waals surface area (Å²) in [5.41, 5.74) is 11.2. The Bertz CT molecular complexity index is 1510. The summed E-state index contributed by atoms with van der Waals surface area (Å²) in [5, 5.41) is 25.0. The van der Waals surface area contributed by atoms with Crippen LogP contribution in [0.4, 0.5) is 0 Å². The molecule has 7 nitrogen and oxygen atoms in total. The lowest BCUT2D eigenvalue weighted by atomic mass is 9.49. The summed E-state index contributed by atoms with van der Waals surface area (Å²) in [4.78, 5) is 10.9. The monoisotopic (exact) mass is 512 g/mol. The number of aromatic hydroxyl groups is 1. The van der Waals surface area contributed by atoms with Crippen LogP contribution in [-0.4, -0.2) is 50.7 Å². The van der Waals surface area contributed by atoms with Crippen molar-refractivity contribution in [3.63, 3.8) is 0 Å². The minimum Gasteiger partial charge on any atom is -0.504 e. The summed E-state index contributed by atoms with van der Waals surface area (Å²) in [6.45, 7) is 4.68. The van der Waals surface area contributed by atoms with Crippen molar-refractivity contribution >= 4 is 16.7 Å². The van der Waals surface area contributed by atoms with Crippen molar-refractivity contribution in [3.8, 4) is 11.5 Å². The van der Waals surface area contributed by atoms with Crippen molar-refractivity contribution in [1.82, 2.24) is 9.88 Å². The molecule has 0 radical (unpaired) electrons. The quantitative estimate of drug-likeness (QED) is 0.292. The van der Waals surface area contributed by atoms with Crippen LogP contribution in [0.5, 0.6) is 11.5 Å². The second-order valence-corrected chi connectivity index (χ2v) is 12.4. The van der Waals surface area contributed by atoms with E-state index in [0.29, 0.717) is 24.6 Å². The maximum absolute atomic E-state index is 13.0. The normalized spacial score (nSPS) is 31.3. The highest BCUT2D eigenvalue weighted by Crippen LogP contribution is 2.69. The summed E-state index contributed by atoms with van der Waals surface area (Å²) in [5.74, 6) is 2.21. The number of piperidine rings is 1. The van der Waals surface area contributed by atoms with Gasteiger partial charge in [0.2, 0.25) is 0 Å². The van der Waals surface area contributed by atoms with Gasteiger partial charge in [-0.3, -0.25) is 9.89 Å². The van der Waals surface area contributed by atoms with Crippen LogP contribution in [-0.2, 0) is 24.8 Å². The van der Waals surface area contributed by atoms with Crippen LogP contribution >= 0.6 is 0 Å². The number of nitrogens with zero attached hydrogens (tertiary/aromatic N) is 2. The van der Waals surface area contributed by atoms with Crippen molar-refractivity contribution < 1.29 is 14.9 Å². The third kappa shape index (κ3) is 2.89. The standard InChI is InChI=1S/C31H36N4O3/c1-2-3-25(32)33-15-18-6-8-22-20(12-18)21-14-31(37)24-13-19-7-9-23(36)28-26(19)30(31,29(38-28)27(21)34-22)10-11-35(24)16-17-4-5-17/h6-9,12,17,24,29,34,36-37H,2-5,10-11,13-16H2,1H3,(H2,32,33)/t24-,29?,30+,31-/m1/s1. The van der Waals surface area contributed by atoms with Crippen LogP contribution in [0.1, 0.15) is 73.1 Å². The minimum atomic E-state index is -0.974. The van der Waals surface area contributed by atoms with Crippen molar-refractivity contribution in [1.29, 1.82) is 0 Å². The first kappa shape index (κ1) is 22.9. The second-order valence-electron chi connectivity index (χ2n) is 12.4. The van der Waals surface area contributed by atoms with E-state index in [4.69, 9.17) is 10.5 Å². The molecule has 8 rings (SSSR count). The molecule has 3 aromatic rings. The van der Waals surface area contributed by atoms with Gasteiger partial charge >= 0.3 is 0 Å². The number of rotatable bonds is 6. The molecule has 2 fully saturated rings. The molecule has 1 aromatic heterocycles. The fraction of sp³-hybridized carbons (Fsp3) is 0.516. The number of phenolic OH excluding ortho intramolecular Hbond substituents is 1. The van der Waals surface area contributed by atoms with E-state index in [2.05, 4.69) is 46.1 Å². The van der Waals surface area contributed by atoms with E-state index in [-0.39, 0.29) is 17.9 Å². The highest BCUT2D eigenvalue weighted by molar-refractivity contribution is 5.87.